The number of anilines is 1. The molecule has 0 bridgehead atoms. The predicted octanol–water partition coefficient (Wildman–Crippen LogP) is 2.43. The first-order valence-corrected chi connectivity index (χ1v) is 6.38. The van der Waals surface area contributed by atoms with Crippen molar-refractivity contribution in [1.82, 2.24) is 4.98 Å². The van der Waals surface area contributed by atoms with Crippen LogP contribution in [0.15, 0.2) is 24.4 Å². The lowest BCUT2D eigenvalue weighted by Crippen LogP contribution is -2.11. The number of ether oxygens (including phenoxy) is 1. The zero-order chi connectivity index (χ0) is 15.4. The molecule has 7 heteroatoms. The molecule has 1 N–H and O–H groups in total. The van der Waals surface area contributed by atoms with Crippen molar-refractivity contribution in [3.8, 4) is 0 Å². The quantitative estimate of drug-likeness (QED) is 0.516. The summed E-state index contributed by atoms with van der Waals surface area (Å²) < 4.78 is 4.56. The van der Waals surface area contributed by atoms with E-state index in [4.69, 9.17) is 0 Å². The molecule has 110 valence electrons. The molecule has 0 aliphatic carbocycles. The van der Waals surface area contributed by atoms with Crippen LogP contribution in [0.4, 0.5) is 11.5 Å². The zero-order valence-corrected chi connectivity index (χ0v) is 11.8. The highest BCUT2D eigenvalue weighted by Crippen LogP contribution is 2.31. The zero-order valence-electron chi connectivity index (χ0n) is 11.8. The van der Waals surface area contributed by atoms with Gasteiger partial charge in [-0.1, -0.05) is 6.07 Å². The van der Waals surface area contributed by atoms with Crippen molar-refractivity contribution in [3.63, 3.8) is 0 Å². The molecular weight excluding hydrogens is 274 g/mol. The third-order valence-corrected chi connectivity index (χ3v) is 3.16. The van der Waals surface area contributed by atoms with Gasteiger partial charge in [-0.15, -0.1) is 0 Å². The van der Waals surface area contributed by atoms with Gasteiger partial charge in [-0.05, 0) is 18.6 Å². The van der Waals surface area contributed by atoms with E-state index < -0.39 is 4.92 Å². The number of rotatable bonds is 5. The number of carbonyl (C=O) groups excluding carboxylic acids is 1. The van der Waals surface area contributed by atoms with E-state index in [-0.39, 0.29) is 18.1 Å². The van der Waals surface area contributed by atoms with Gasteiger partial charge < -0.3 is 10.1 Å². The Morgan fingerprint density at radius 2 is 2.19 bits per heavy atom. The molecule has 0 spiro atoms. The number of aromatic nitrogens is 1. The number of benzene rings is 1. The second-order valence-corrected chi connectivity index (χ2v) is 4.49. The van der Waals surface area contributed by atoms with Crippen LogP contribution in [0.2, 0.25) is 0 Å². The summed E-state index contributed by atoms with van der Waals surface area (Å²) in [5.74, 6) is 0.197. The number of nitrogens with one attached hydrogen (secondary N) is 1. The molecule has 0 aliphatic rings. The largest absolute Gasteiger partial charge is 0.469 e. The van der Waals surface area contributed by atoms with Crippen molar-refractivity contribution < 1.29 is 14.5 Å². The maximum atomic E-state index is 11.1. The SMILES string of the molecule is COC(=O)CCNc1nccc2c([N+](=O)[O-])ccc(C)c12. The maximum Gasteiger partial charge on any atom is 0.307 e. The fourth-order valence-electron chi connectivity index (χ4n) is 2.13. The molecule has 0 atom stereocenters. The first-order chi connectivity index (χ1) is 10.0. The fraction of sp³-hybridized carbons (Fsp3) is 0.286. The van der Waals surface area contributed by atoms with E-state index in [2.05, 4.69) is 15.0 Å². The highest BCUT2D eigenvalue weighted by Gasteiger charge is 2.16. The maximum absolute atomic E-state index is 11.1. The molecule has 0 saturated heterocycles. The van der Waals surface area contributed by atoms with Gasteiger partial charge in [-0.3, -0.25) is 14.9 Å². The number of pyridine rings is 1. The molecule has 1 heterocycles. The molecule has 0 aliphatic heterocycles. The fourth-order valence-corrected chi connectivity index (χ4v) is 2.13. The second-order valence-electron chi connectivity index (χ2n) is 4.49. The monoisotopic (exact) mass is 289 g/mol. The summed E-state index contributed by atoms with van der Waals surface area (Å²) in [6, 6.07) is 4.79. The second kappa shape index (κ2) is 6.17. The predicted molar refractivity (Wildman–Crippen MR) is 78.3 cm³/mol. The van der Waals surface area contributed by atoms with Crippen LogP contribution in [0.25, 0.3) is 10.8 Å². The average Bonchev–Trinajstić information content (AvgIpc) is 2.47. The van der Waals surface area contributed by atoms with Crippen LogP contribution in [0.5, 0.6) is 0 Å². The van der Waals surface area contributed by atoms with E-state index >= 15 is 0 Å². The van der Waals surface area contributed by atoms with Crippen LogP contribution >= 0.6 is 0 Å². The molecule has 1 aromatic heterocycles. The van der Waals surface area contributed by atoms with Crippen LogP contribution in [-0.2, 0) is 9.53 Å². The highest BCUT2D eigenvalue weighted by molar-refractivity contribution is 6.00. The minimum Gasteiger partial charge on any atom is -0.469 e. The normalized spacial score (nSPS) is 10.4. The molecule has 0 radical (unpaired) electrons. The number of hydrogen-bond acceptors (Lipinski definition) is 6. The first kappa shape index (κ1) is 14.7. The lowest BCUT2D eigenvalue weighted by atomic mass is 10.1. The van der Waals surface area contributed by atoms with Crippen LogP contribution in [0.1, 0.15) is 12.0 Å². The van der Waals surface area contributed by atoms with Crippen molar-refractivity contribution in [3.05, 3.63) is 40.1 Å². The minimum absolute atomic E-state index is 0.0361. The van der Waals surface area contributed by atoms with Gasteiger partial charge >= 0.3 is 5.97 Å². The summed E-state index contributed by atoms with van der Waals surface area (Å²) in [7, 11) is 1.33. The smallest absolute Gasteiger partial charge is 0.307 e. The van der Waals surface area contributed by atoms with E-state index in [1.54, 1.807) is 12.1 Å². The Hall–Kier alpha value is -2.70. The van der Waals surface area contributed by atoms with Crippen molar-refractivity contribution in [1.29, 1.82) is 0 Å². The number of nitrogens with zero attached hydrogens (tertiary/aromatic N) is 2. The third-order valence-electron chi connectivity index (χ3n) is 3.16. The number of aryl methyl sites for hydroxylation is 1. The topological polar surface area (TPSA) is 94.4 Å². The van der Waals surface area contributed by atoms with E-state index in [1.165, 1.54) is 19.4 Å². The van der Waals surface area contributed by atoms with Gasteiger partial charge in [-0.2, -0.15) is 0 Å². The molecule has 21 heavy (non-hydrogen) atoms. The van der Waals surface area contributed by atoms with Gasteiger partial charge in [0.25, 0.3) is 5.69 Å². The van der Waals surface area contributed by atoms with E-state index in [1.807, 2.05) is 6.92 Å². The van der Waals surface area contributed by atoms with Gasteiger partial charge in [0.2, 0.25) is 0 Å². The molecule has 2 aromatic rings. The lowest BCUT2D eigenvalue weighted by molar-refractivity contribution is -0.383. The molecule has 2 rings (SSSR count). The lowest BCUT2D eigenvalue weighted by Gasteiger charge is -2.10. The van der Waals surface area contributed by atoms with Crippen LogP contribution in [0, 0.1) is 17.0 Å². The number of carbonyl (C=O) groups is 1. The van der Waals surface area contributed by atoms with Crippen LogP contribution in [0.3, 0.4) is 0 Å². The van der Waals surface area contributed by atoms with Crippen molar-refractivity contribution in [2.24, 2.45) is 0 Å². The molecular formula is C14H15N3O4. The summed E-state index contributed by atoms with van der Waals surface area (Å²) in [5, 5.41) is 15.3. The molecule has 7 nitrogen and oxygen atoms in total. The van der Waals surface area contributed by atoms with Crippen molar-refractivity contribution >= 4 is 28.2 Å². The Bertz CT molecular complexity index is 700. The molecule has 0 amide bonds. The first-order valence-electron chi connectivity index (χ1n) is 6.38. The number of nitro groups is 1. The van der Waals surface area contributed by atoms with Gasteiger partial charge in [0.1, 0.15) is 5.82 Å². The Morgan fingerprint density at radius 3 is 2.86 bits per heavy atom. The van der Waals surface area contributed by atoms with Crippen molar-refractivity contribution in [2.75, 3.05) is 19.0 Å². The third kappa shape index (κ3) is 3.07. The number of fused-ring (bicyclic) bond motifs is 1. The molecule has 1 aromatic carbocycles. The van der Waals surface area contributed by atoms with Gasteiger partial charge in [0.15, 0.2) is 0 Å². The summed E-state index contributed by atoms with van der Waals surface area (Å²) in [4.78, 5) is 26.0. The van der Waals surface area contributed by atoms with E-state index in [9.17, 15) is 14.9 Å². The van der Waals surface area contributed by atoms with E-state index in [0.717, 1.165) is 5.56 Å². The summed E-state index contributed by atoms with van der Waals surface area (Å²) in [5.41, 5.74) is 0.915. The molecule has 0 unspecified atom stereocenters. The van der Waals surface area contributed by atoms with Crippen molar-refractivity contribution in [2.45, 2.75) is 13.3 Å². The standard InChI is InChI=1S/C14H15N3O4/c1-9-3-4-11(17(19)20)10-5-7-15-14(13(9)10)16-8-6-12(18)21-2/h3-5,7H,6,8H2,1-2H3,(H,15,16). The Kier molecular flexibility index (Phi) is 4.32. The number of nitro benzene ring substituents is 1. The van der Waals surface area contributed by atoms with Gasteiger partial charge in [0, 0.05) is 24.2 Å². The number of hydrogen-bond donors (Lipinski definition) is 1. The molecule has 0 saturated carbocycles. The Morgan fingerprint density at radius 1 is 1.43 bits per heavy atom. The number of methoxy groups -OCH3 is 1. The number of non-ortho nitro benzene ring substituents is 1. The Labute approximate surface area is 121 Å². The summed E-state index contributed by atoms with van der Waals surface area (Å²) in [6.07, 6.45) is 1.71. The van der Waals surface area contributed by atoms with Gasteiger partial charge in [-0.25, -0.2) is 4.98 Å². The van der Waals surface area contributed by atoms with Crippen LogP contribution in [-0.4, -0.2) is 29.5 Å². The highest BCUT2D eigenvalue weighted by atomic mass is 16.6. The number of esters is 1. The minimum atomic E-state index is -0.417. The van der Waals surface area contributed by atoms with E-state index in [0.29, 0.717) is 23.1 Å². The van der Waals surface area contributed by atoms with Gasteiger partial charge in [0.05, 0.1) is 23.8 Å². The van der Waals surface area contributed by atoms with Crippen LogP contribution < -0.4 is 5.32 Å². The Balaban J connectivity index is 2.38. The summed E-state index contributed by atoms with van der Waals surface area (Å²) >= 11 is 0. The molecule has 0 fully saturated rings. The average molecular weight is 289 g/mol. The summed E-state index contributed by atoms with van der Waals surface area (Å²) in [6.45, 7) is 2.21.